The van der Waals surface area contributed by atoms with E-state index in [0.717, 1.165) is 60.3 Å². The van der Waals surface area contributed by atoms with Crippen LogP contribution in [-0.2, 0) is 11.2 Å². The Bertz CT molecular complexity index is 895. The van der Waals surface area contributed by atoms with Crippen LogP contribution in [0.3, 0.4) is 0 Å². The van der Waals surface area contributed by atoms with Gasteiger partial charge in [-0.25, -0.2) is 0 Å². The zero-order valence-corrected chi connectivity index (χ0v) is 17.3. The molecule has 0 spiro atoms. The Morgan fingerprint density at radius 1 is 1.14 bits per heavy atom. The zero-order valence-electron chi connectivity index (χ0n) is 17.3. The van der Waals surface area contributed by atoms with E-state index < -0.39 is 0 Å². The number of rotatable bonds is 2. The number of carbonyl (C=O) groups is 1. The van der Waals surface area contributed by atoms with E-state index in [1.807, 2.05) is 19.1 Å². The van der Waals surface area contributed by atoms with Crippen LogP contribution in [0, 0.1) is 41.4 Å². The number of fused-ring (bicyclic) bond motifs is 1. The van der Waals surface area contributed by atoms with E-state index in [-0.39, 0.29) is 11.0 Å². The van der Waals surface area contributed by atoms with Crippen LogP contribution in [0.4, 0.5) is 0 Å². The minimum atomic E-state index is -0.117. The lowest BCUT2D eigenvalue weighted by molar-refractivity contribution is -0.138. The first-order valence-corrected chi connectivity index (χ1v) is 10.9. The lowest BCUT2D eigenvalue weighted by Crippen LogP contribution is -2.50. The van der Waals surface area contributed by atoms with E-state index in [1.54, 1.807) is 0 Å². The van der Waals surface area contributed by atoms with Crippen LogP contribution >= 0.6 is 0 Å². The first-order chi connectivity index (χ1) is 13.3. The van der Waals surface area contributed by atoms with Gasteiger partial charge in [0.25, 0.3) is 0 Å². The topological polar surface area (TPSA) is 52.9 Å². The summed E-state index contributed by atoms with van der Waals surface area (Å²) in [5, 5.41) is 13.1. The Morgan fingerprint density at radius 3 is 2.32 bits per heavy atom. The SMILES string of the molecule is Cc1cc2c(cc1C#N)C(=CC(=O)C13CC4CC(CC(C4)C1)C3)NC(C)(C)C2. The van der Waals surface area contributed by atoms with Crippen LogP contribution in [0.25, 0.3) is 5.70 Å². The van der Waals surface area contributed by atoms with Crippen molar-refractivity contribution in [3.63, 3.8) is 0 Å². The summed E-state index contributed by atoms with van der Waals surface area (Å²) in [6, 6.07) is 6.42. The molecule has 146 valence electrons. The molecule has 4 saturated carbocycles. The maximum atomic E-state index is 13.6. The van der Waals surface area contributed by atoms with E-state index >= 15 is 0 Å². The van der Waals surface area contributed by atoms with E-state index in [0.29, 0.717) is 11.3 Å². The highest BCUT2D eigenvalue weighted by molar-refractivity contribution is 6.01. The second-order valence-corrected chi connectivity index (χ2v) is 10.7. The number of carbonyl (C=O) groups excluding carboxylic acids is 1. The van der Waals surface area contributed by atoms with Gasteiger partial charge in [-0.2, -0.15) is 5.26 Å². The maximum Gasteiger partial charge on any atom is 0.163 e. The van der Waals surface area contributed by atoms with Crippen molar-refractivity contribution in [3.8, 4) is 6.07 Å². The molecule has 3 heteroatoms. The molecule has 1 aromatic carbocycles. The molecule has 0 saturated heterocycles. The number of allylic oxidation sites excluding steroid dienone is 1. The normalized spacial score (nSPS) is 35.9. The van der Waals surface area contributed by atoms with Crippen LogP contribution in [0.15, 0.2) is 18.2 Å². The van der Waals surface area contributed by atoms with Gasteiger partial charge in [-0.1, -0.05) is 6.07 Å². The van der Waals surface area contributed by atoms with Crippen molar-refractivity contribution in [1.82, 2.24) is 5.32 Å². The van der Waals surface area contributed by atoms with Crippen molar-refractivity contribution in [2.45, 2.75) is 71.3 Å². The van der Waals surface area contributed by atoms with Gasteiger partial charge in [0, 0.05) is 28.3 Å². The molecule has 0 unspecified atom stereocenters. The molecule has 1 aromatic rings. The highest BCUT2D eigenvalue weighted by Crippen LogP contribution is 2.60. The molecule has 28 heavy (non-hydrogen) atoms. The number of nitrogens with one attached hydrogen (secondary N) is 1. The summed E-state index contributed by atoms with van der Waals surface area (Å²) in [6.45, 7) is 6.37. The van der Waals surface area contributed by atoms with Crippen LogP contribution < -0.4 is 5.32 Å². The largest absolute Gasteiger partial charge is 0.379 e. The van der Waals surface area contributed by atoms with Gasteiger partial charge in [0.05, 0.1) is 11.6 Å². The summed E-state index contributed by atoms with van der Waals surface area (Å²) in [4.78, 5) is 13.6. The lowest BCUT2D eigenvalue weighted by atomic mass is 9.48. The minimum Gasteiger partial charge on any atom is -0.379 e. The highest BCUT2D eigenvalue weighted by Gasteiger charge is 2.54. The van der Waals surface area contributed by atoms with Gasteiger partial charge in [-0.05, 0) is 101 Å². The van der Waals surface area contributed by atoms with Crippen molar-refractivity contribution in [2.75, 3.05) is 0 Å². The Labute approximate surface area is 168 Å². The van der Waals surface area contributed by atoms with Crippen molar-refractivity contribution in [3.05, 3.63) is 40.5 Å². The average molecular weight is 375 g/mol. The van der Waals surface area contributed by atoms with Gasteiger partial charge in [0.2, 0.25) is 0 Å². The number of nitriles is 1. The summed E-state index contributed by atoms with van der Waals surface area (Å²) in [7, 11) is 0. The number of ketones is 1. The molecule has 4 bridgehead atoms. The monoisotopic (exact) mass is 374 g/mol. The Morgan fingerprint density at radius 2 is 1.75 bits per heavy atom. The fraction of sp³-hybridized carbons (Fsp3) is 0.600. The Hall–Kier alpha value is -2.08. The van der Waals surface area contributed by atoms with Gasteiger partial charge < -0.3 is 5.32 Å². The van der Waals surface area contributed by atoms with Gasteiger partial charge in [-0.15, -0.1) is 0 Å². The summed E-state index contributed by atoms with van der Waals surface area (Å²) in [6.07, 6.45) is 10.1. The molecule has 0 radical (unpaired) electrons. The summed E-state index contributed by atoms with van der Waals surface area (Å²) < 4.78 is 0. The van der Waals surface area contributed by atoms with Crippen LogP contribution in [0.5, 0.6) is 0 Å². The molecule has 0 amide bonds. The van der Waals surface area contributed by atoms with Crippen molar-refractivity contribution in [1.29, 1.82) is 5.26 Å². The van der Waals surface area contributed by atoms with E-state index in [9.17, 15) is 10.1 Å². The quantitative estimate of drug-likeness (QED) is 0.748. The van der Waals surface area contributed by atoms with Gasteiger partial charge in [0.1, 0.15) is 0 Å². The van der Waals surface area contributed by atoms with Crippen molar-refractivity contribution >= 4 is 11.5 Å². The molecule has 4 aliphatic carbocycles. The Balaban J connectivity index is 1.55. The first-order valence-electron chi connectivity index (χ1n) is 10.9. The highest BCUT2D eigenvalue weighted by atomic mass is 16.1. The third-order valence-corrected chi connectivity index (χ3v) is 7.80. The first kappa shape index (κ1) is 18.0. The number of hydrogen-bond acceptors (Lipinski definition) is 3. The van der Waals surface area contributed by atoms with E-state index in [4.69, 9.17) is 0 Å². The average Bonchev–Trinajstić information content (AvgIpc) is 2.59. The smallest absolute Gasteiger partial charge is 0.163 e. The number of hydrogen-bond donors (Lipinski definition) is 1. The third-order valence-electron chi connectivity index (χ3n) is 7.80. The molecule has 1 N–H and O–H groups in total. The lowest BCUT2D eigenvalue weighted by Gasteiger charge is -2.55. The van der Waals surface area contributed by atoms with Crippen LogP contribution in [-0.4, -0.2) is 11.3 Å². The number of nitrogens with zero attached hydrogens (tertiary/aromatic N) is 1. The fourth-order valence-electron chi connectivity index (χ4n) is 7.05. The third kappa shape index (κ3) is 2.81. The van der Waals surface area contributed by atoms with Crippen LogP contribution in [0.2, 0.25) is 0 Å². The summed E-state index contributed by atoms with van der Waals surface area (Å²) in [5.41, 5.74) is 4.71. The van der Waals surface area contributed by atoms with Crippen molar-refractivity contribution in [2.24, 2.45) is 23.2 Å². The fourth-order valence-corrected chi connectivity index (χ4v) is 7.05. The Kier molecular flexibility index (Phi) is 3.83. The van der Waals surface area contributed by atoms with Crippen molar-refractivity contribution < 1.29 is 4.79 Å². The predicted molar refractivity (Wildman–Crippen MR) is 110 cm³/mol. The molecule has 0 aromatic heterocycles. The molecule has 3 nitrogen and oxygen atoms in total. The summed E-state index contributed by atoms with van der Waals surface area (Å²) >= 11 is 0. The van der Waals surface area contributed by atoms with Gasteiger partial charge in [-0.3, -0.25) is 4.79 Å². The van der Waals surface area contributed by atoms with Gasteiger partial charge >= 0.3 is 0 Å². The maximum absolute atomic E-state index is 13.6. The minimum absolute atomic E-state index is 0.0960. The van der Waals surface area contributed by atoms with E-state index in [2.05, 4.69) is 31.3 Å². The second kappa shape index (κ2) is 5.96. The molecule has 1 heterocycles. The van der Waals surface area contributed by atoms with E-state index in [1.165, 1.54) is 24.8 Å². The number of aryl methyl sites for hydroxylation is 1. The van der Waals surface area contributed by atoms with Gasteiger partial charge in [0.15, 0.2) is 5.78 Å². The zero-order chi connectivity index (χ0) is 19.7. The molecular weight excluding hydrogens is 344 g/mol. The summed E-state index contributed by atoms with van der Waals surface area (Å²) in [5.74, 6) is 2.63. The molecule has 4 fully saturated rings. The molecule has 5 aliphatic rings. The molecule has 0 atom stereocenters. The standard InChI is InChI=1S/C25H30N2O/c1-15-4-19-13-24(2,3)27-22(21(19)8-20(15)14-26)9-23(28)25-10-16-5-17(11-25)7-18(6-16)12-25/h4,8-9,16-18,27H,5-7,10-13H2,1-3H3. The molecule has 1 aliphatic heterocycles. The second-order valence-electron chi connectivity index (χ2n) is 10.7. The molecule has 6 rings (SSSR count). The van der Waals surface area contributed by atoms with Crippen LogP contribution in [0.1, 0.15) is 74.6 Å². The number of benzene rings is 1. The predicted octanol–water partition coefficient (Wildman–Crippen LogP) is 4.92. The molecular formula is C25H30N2O.